The van der Waals surface area contributed by atoms with E-state index in [0.29, 0.717) is 0 Å². The fourth-order valence-electron chi connectivity index (χ4n) is 3.01. The van der Waals surface area contributed by atoms with Gasteiger partial charge in [0, 0.05) is 55.5 Å². The number of hydrogen-bond acceptors (Lipinski definition) is 3. The zero-order valence-corrected chi connectivity index (χ0v) is 18.4. The summed E-state index contributed by atoms with van der Waals surface area (Å²) in [5, 5.41) is 3.44. The minimum absolute atomic E-state index is 0. The van der Waals surface area contributed by atoms with Gasteiger partial charge in [0.05, 0.1) is 5.69 Å². The maximum Gasteiger partial charge on any atom is 0.193 e. The lowest BCUT2D eigenvalue weighted by Gasteiger charge is -2.39. The summed E-state index contributed by atoms with van der Waals surface area (Å²) >= 11 is 2.05. The van der Waals surface area contributed by atoms with Crippen LogP contribution in [0.4, 0.5) is 0 Å². The van der Waals surface area contributed by atoms with E-state index in [1.165, 1.54) is 0 Å². The number of imidazole rings is 1. The number of aliphatic imine (C=N–C) groups is 1. The molecule has 25 heavy (non-hydrogen) atoms. The van der Waals surface area contributed by atoms with Crippen molar-refractivity contribution in [2.24, 2.45) is 4.99 Å². The van der Waals surface area contributed by atoms with Crippen LogP contribution in [-0.2, 0) is 6.42 Å². The van der Waals surface area contributed by atoms with Crippen molar-refractivity contribution in [3.8, 4) is 0 Å². The van der Waals surface area contributed by atoms with Crippen LogP contribution in [0.25, 0.3) is 5.65 Å². The smallest absolute Gasteiger partial charge is 0.193 e. The summed E-state index contributed by atoms with van der Waals surface area (Å²) in [7, 11) is 0. The molecule has 5 nitrogen and oxygen atoms in total. The monoisotopic (exact) mass is 473 g/mol. The van der Waals surface area contributed by atoms with Crippen molar-refractivity contribution in [2.45, 2.75) is 31.9 Å². The fraction of sp³-hybridized carbons (Fsp3) is 0.556. The third-order valence-corrected chi connectivity index (χ3v) is 5.40. The Balaban J connectivity index is 0.00000225. The Kier molecular flexibility index (Phi) is 7.42. The molecule has 138 valence electrons. The molecule has 7 heteroatoms. The fourth-order valence-corrected chi connectivity index (χ4v) is 4.12. The van der Waals surface area contributed by atoms with Crippen molar-refractivity contribution >= 4 is 47.3 Å². The van der Waals surface area contributed by atoms with Gasteiger partial charge in [-0.3, -0.25) is 4.99 Å². The summed E-state index contributed by atoms with van der Waals surface area (Å²) in [6.07, 6.45) is 4.99. The highest BCUT2D eigenvalue weighted by molar-refractivity contribution is 14.0. The van der Waals surface area contributed by atoms with Gasteiger partial charge in [0.2, 0.25) is 0 Å². The number of fused-ring (bicyclic) bond motifs is 1. The summed E-state index contributed by atoms with van der Waals surface area (Å²) in [5.41, 5.74) is 2.09. The van der Waals surface area contributed by atoms with Gasteiger partial charge in [0.1, 0.15) is 5.65 Å². The zero-order valence-electron chi connectivity index (χ0n) is 15.2. The van der Waals surface area contributed by atoms with E-state index in [2.05, 4.69) is 46.6 Å². The van der Waals surface area contributed by atoms with E-state index in [-0.39, 0.29) is 28.7 Å². The molecule has 3 heterocycles. The molecule has 2 aromatic heterocycles. The molecule has 0 atom stereocenters. The SMILES string of the molecule is CCNC(=NCCc1cn2ccccc2n1)N1CCSC(C)(C)C1.I. The van der Waals surface area contributed by atoms with E-state index >= 15 is 0 Å². The van der Waals surface area contributed by atoms with Gasteiger partial charge in [0.25, 0.3) is 0 Å². The first kappa shape index (κ1) is 20.4. The molecule has 0 spiro atoms. The Morgan fingerprint density at radius 3 is 2.96 bits per heavy atom. The second kappa shape index (κ2) is 9.12. The first-order valence-corrected chi connectivity index (χ1v) is 9.66. The zero-order chi connectivity index (χ0) is 17.0. The highest BCUT2D eigenvalue weighted by Crippen LogP contribution is 2.29. The molecule has 1 saturated heterocycles. The molecule has 3 rings (SSSR count). The van der Waals surface area contributed by atoms with Crippen LogP contribution in [0.5, 0.6) is 0 Å². The first-order chi connectivity index (χ1) is 11.6. The van der Waals surface area contributed by atoms with Crippen LogP contribution in [-0.4, -0.2) is 56.9 Å². The molecule has 0 unspecified atom stereocenters. The molecule has 0 saturated carbocycles. The molecule has 1 N–H and O–H groups in total. The molecule has 1 aliphatic rings. The van der Waals surface area contributed by atoms with Crippen LogP contribution in [0.1, 0.15) is 26.5 Å². The molecular formula is C18H28IN5S. The standard InChI is InChI=1S/C18H27N5S.HI/c1-4-19-17(23-11-12-24-18(2,3)14-23)20-9-8-15-13-22-10-6-5-7-16(22)21-15;/h5-7,10,13H,4,8-9,11-12,14H2,1-3H3,(H,19,20);1H. The maximum atomic E-state index is 4.84. The number of pyridine rings is 1. The van der Waals surface area contributed by atoms with Crippen LogP contribution >= 0.6 is 35.7 Å². The molecule has 2 aromatic rings. The third-order valence-electron chi connectivity index (χ3n) is 4.10. The Labute approximate surface area is 171 Å². The van der Waals surface area contributed by atoms with Crippen molar-refractivity contribution in [3.05, 3.63) is 36.3 Å². The average molecular weight is 473 g/mol. The molecular weight excluding hydrogens is 445 g/mol. The van der Waals surface area contributed by atoms with Crippen molar-refractivity contribution in [1.82, 2.24) is 19.6 Å². The minimum atomic E-state index is 0. The van der Waals surface area contributed by atoms with Crippen molar-refractivity contribution in [1.29, 1.82) is 0 Å². The maximum absolute atomic E-state index is 4.84. The summed E-state index contributed by atoms with van der Waals surface area (Å²) in [4.78, 5) is 11.9. The number of guanidine groups is 1. The number of aromatic nitrogens is 2. The van der Waals surface area contributed by atoms with E-state index in [9.17, 15) is 0 Å². The molecule has 0 radical (unpaired) electrons. The van der Waals surface area contributed by atoms with E-state index in [1.807, 2.05) is 36.2 Å². The number of nitrogens with one attached hydrogen (secondary N) is 1. The van der Waals surface area contributed by atoms with Gasteiger partial charge in [-0.05, 0) is 32.9 Å². The molecule has 0 aromatic carbocycles. The first-order valence-electron chi connectivity index (χ1n) is 8.67. The predicted molar refractivity (Wildman–Crippen MR) is 118 cm³/mol. The second-order valence-electron chi connectivity index (χ2n) is 6.71. The largest absolute Gasteiger partial charge is 0.357 e. The summed E-state index contributed by atoms with van der Waals surface area (Å²) in [6.45, 7) is 10.5. The van der Waals surface area contributed by atoms with E-state index in [4.69, 9.17) is 4.99 Å². The Hall–Kier alpha value is -0.960. The molecule has 0 amide bonds. The topological polar surface area (TPSA) is 44.9 Å². The van der Waals surface area contributed by atoms with E-state index in [1.54, 1.807) is 0 Å². The van der Waals surface area contributed by atoms with Gasteiger partial charge >= 0.3 is 0 Å². The number of halogens is 1. The van der Waals surface area contributed by atoms with Gasteiger partial charge in [-0.1, -0.05) is 6.07 Å². The lowest BCUT2D eigenvalue weighted by Crippen LogP contribution is -2.51. The van der Waals surface area contributed by atoms with Crippen LogP contribution in [0.2, 0.25) is 0 Å². The molecule has 1 fully saturated rings. The quantitative estimate of drug-likeness (QED) is 0.421. The highest BCUT2D eigenvalue weighted by atomic mass is 127. The van der Waals surface area contributed by atoms with Gasteiger partial charge in [-0.15, -0.1) is 24.0 Å². The lowest BCUT2D eigenvalue weighted by atomic mass is 10.2. The summed E-state index contributed by atoms with van der Waals surface area (Å²) in [5.74, 6) is 2.19. The number of hydrogen-bond donors (Lipinski definition) is 1. The third kappa shape index (κ3) is 5.51. The number of thioether (sulfide) groups is 1. The van der Waals surface area contributed by atoms with Crippen LogP contribution in [0, 0.1) is 0 Å². The Morgan fingerprint density at radius 2 is 2.24 bits per heavy atom. The van der Waals surface area contributed by atoms with E-state index < -0.39 is 0 Å². The molecule has 1 aliphatic heterocycles. The number of nitrogens with zero attached hydrogens (tertiary/aromatic N) is 4. The van der Waals surface area contributed by atoms with Crippen molar-refractivity contribution < 1.29 is 0 Å². The van der Waals surface area contributed by atoms with Gasteiger partial charge in [0.15, 0.2) is 5.96 Å². The summed E-state index contributed by atoms with van der Waals surface area (Å²) in [6, 6.07) is 6.07. The van der Waals surface area contributed by atoms with Crippen molar-refractivity contribution in [3.63, 3.8) is 0 Å². The molecule has 0 aliphatic carbocycles. The predicted octanol–water partition coefficient (Wildman–Crippen LogP) is 3.29. The van der Waals surface area contributed by atoms with E-state index in [0.717, 1.165) is 55.7 Å². The van der Waals surface area contributed by atoms with Gasteiger partial charge < -0.3 is 14.6 Å². The average Bonchev–Trinajstić information content (AvgIpc) is 2.96. The van der Waals surface area contributed by atoms with Crippen LogP contribution in [0.3, 0.4) is 0 Å². The summed E-state index contributed by atoms with van der Waals surface area (Å²) < 4.78 is 2.35. The van der Waals surface area contributed by atoms with Gasteiger partial charge in [-0.2, -0.15) is 11.8 Å². The minimum Gasteiger partial charge on any atom is -0.357 e. The van der Waals surface area contributed by atoms with Gasteiger partial charge in [-0.25, -0.2) is 4.98 Å². The molecule has 0 bridgehead atoms. The van der Waals surface area contributed by atoms with Crippen LogP contribution in [0.15, 0.2) is 35.6 Å². The highest BCUT2D eigenvalue weighted by Gasteiger charge is 2.28. The second-order valence-corrected chi connectivity index (χ2v) is 8.52. The van der Waals surface area contributed by atoms with Crippen molar-refractivity contribution in [2.75, 3.05) is 31.9 Å². The Morgan fingerprint density at radius 1 is 1.40 bits per heavy atom. The Bertz CT molecular complexity index is 679. The lowest BCUT2D eigenvalue weighted by molar-refractivity contribution is 0.376. The number of rotatable bonds is 4. The van der Waals surface area contributed by atoms with Crippen LogP contribution < -0.4 is 5.32 Å². The normalized spacial score (nSPS) is 17.4.